The fourth-order valence-corrected chi connectivity index (χ4v) is 3.35. The molecular formula is C21H21N3O2S. The van der Waals surface area contributed by atoms with Gasteiger partial charge in [-0.1, -0.05) is 42.0 Å². The Labute approximate surface area is 162 Å². The zero-order chi connectivity index (χ0) is 19.1. The fraction of sp³-hybridized carbons (Fsp3) is 0.143. The second-order valence-corrected chi connectivity index (χ2v) is 7.07. The van der Waals surface area contributed by atoms with E-state index in [1.165, 1.54) is 22.9 Å². The van der Waals surface area contributed by atoms with E-state index in [9.17, 15) is 9.59 Å². The van der Waals surface area contributed by atoms with Gasteiger partial charge in [-0.3, -0.25) is 20.4 Å². The summed E-state index contributed by atoms with van der Waals surface area (Å²) in [6.07, 6.45) is 3.73. The van der Waals surface area contributed by atoms with Crippen LogP contribution in [-0.4, -0.2) is 22.1 Å². The number of hydrogen-bond acceptors (Lipinski definition) is 3. The quantitative estimate of drug-likeness (QED) is 0.645. The predicted octanol–water partition coefficient (Wildman–Crippen LogP) is 3.48. The molecule has 0 saturated heterocycles. The van der Waals surface area contributed by atoms with Crippen molar-refractivity contribution < 1.29 is 9.59 Å². The largest absolute Gasteiger partial charge is 0.323 e. The molecule has 1 heterocycles. The molecule has 0 aliphatic heterocycles. The zero-order valence-corrected chi connectivity index (χ0v) is 15.8. The van der Waals surface area contributed by atoms with Crippen molar-refractivity contribution in [1.82, 2.24) is 15.4 Å². The molecule has 0 saturated carbocycles. The van der Waals surface area contributed by atoms with Crippen LogP contribution in [0.1, 0.15) is 21.5 Å². The molecule has 0 bridgehead atoms. The van der Waals surface area contributed by atoms with E-state index in [4.69, 9.17) is 0 Å². The van der Waals surface area contributed by atoms with Gasteiger partial charge in [0.15, 0.2) is 0 Å². The third kappa shape index (κ3) is 5.24. The molecule has 3 aromatic rings. The lowest BCUT2D eigenvalue weighted by molar-refractivity contribution is -0.119. The lowest BCUT2D eigenvalue weighted by Crippen LogP contribution is -2.42. The number of nitrogens with one attached hydrogen (secondary N) is 2. The van der Waals surface area contributed by atoms with Crippen LogP contribution in [-0.2, 0) is 10.5 Å². The van der Waals surface area contributed by atoms with E-state index in [1.54, 1.807) is 12.1 Å². The molecular weight excluding hydrogens is 358 g/mol. The molecule has 2 N–H and O–H groups in total. The Balaban J connectivity index is 1.49. The summed E-state index contributed by atoms with van der Waals surface area (Å²) in [7, 11) is 0. The molecule has 5 nitrogen and oxygen atoms in total. The van der Waals surface area contributed by atoms with E-state index in [1.807, 2.05) is 48.1 Å². The molecule has 0 spiro atoms. The number of benzene rings is 2. The van der Waals surface area contributed by atoms with Gasteiger partial charge in [0, 0.05) is 18.1 Å². The highest BCUT2D eigenvalue weighted by molar-refractivity contribution is 7.99. The number of para-hydroxylation sites is 1. The second kappa shape index (κ2) is 9.09. The van der Waals surface area contributed by atoms with E-state index in [0.29, 0.717) is 5.56 Å². The highest BCUT2D eigenvalue weighted by Crippen LogP contribution is 2.15. The standard InChI is InChI=1S/C21H21N3O2S/c1-16-8-10-17(11-9-16)14-27-15-20(25)22-23-21(26)18-6-2-3-7-19(18)24-12-4-5-13-24/h2-13H,14-15H2,1H3,(H,22,25)(H,23,26). The Bertz CT molecular complexity index is 905. The average Bonchev–Trinajstić information content (AvgIpc) is 3.22. The fourth-order valence-electron chi connectivity index (χ4n) is 2.56. The zero-order valence-electron chi connectivity index (χ0n) is 15.0. The Kier molecular flexibility index (Phi) is 6.33. The van der Waals surface area contributed by atoms with Crippen LogP contribution < -0.4 is 10.9 Å². The molecule has 6 heteroatoms. The first-order valence-corrected chi connectivity index (χ1v) is 9.74. The number of carbonyl (C=O) groups excluding carboxylic acids is 2. The summed E-state index contributed by atoms with van der Waals surface area (Å²) in [6, 6.07) is 19.2. The van der Waals surface area contributed by atoms with E-state index in [2.05, 4.69) is 35.1 Å². The summed E-state index contributed by atoms with van der Waals surface area (Å²) >= 11 is 1.50. The molecule has 3 rings (SSSR count). The molecule has 0 aliphatic rings. The SMILES string of the molecule is Cc1ccc(CSCC(=O)NNC(=O)c2ccccc2-n2cccc2)cc1. The van der Waals surface area contributed by atoms with Crippen molar-refractivity contribution in [3.05, 3.63) is 89.7 Å². The van der Waals surface area contributed by atoms with Crippen molar-refractivity contribution in [3.8, 4) is 5.69 Å². The number of amides is 2. The van der Waals surface area contributed by atoms with Crippen LogP contribution in [0, 0.1) is 6.92 Å². The Morgan fingerprint density at radius 3 is 2.37 bits per heavy atom. The molecule has 2 amide bonds. The molecule has 27 heavy (non-hydrogen) atoms. The molecule has 0 fully saturated rings. The molecule has 0 radical (unpaired) electrons. The number of aryl methyl sites for hydroxylation is 1. The minimum atomic E-state index is -0.351. The molecule has 1 aromatic heterocycles. The van der Waals surface area contributed by atoms with Crippen LogP contribution >= 0.6 is 11.8 Å². The number of thioether (sulfide) groups is 1. The van der Waals surface area contributed by atoms with Crippen LogP contribution in [0.5, 0.6) is 0 Å². The average molecular weight is 379 g/mol. The van der Waals surface area contributed by atoms with E-state index >= 15 is 0 Å². The molecule has 0 atom stereocenters. The van der Waals surface area contributed by atoms with E-state index in [-0.39, 0.29) is 17.6 Å². The molecule has 0 unspecified atom stereocenters. The number of hydrogen-bond donors (Lipinski definition) is 2. The predicted molar refractivity (Wildman–Crippen MR) is 109 cm³/mol. The highest BCUT2D eigenvalue weighted by Gasteiger charge is 2.12. The minimum Gasteiger partial charge on any atom is -0.323 e. The van der Waals surface area contributed by atoms with Crippen LogP contribution in [0.15, 0.2) is 73.1 Å². The lowest BCUT2D eigenvalue weighted by atomic mass is 10.1. The van der Waals surface area contributed by atoms with Gasteiger partial charge >= 0.3 is 0 Å². The Morgan fingerprint density at radius 2 is 1.63 bits per heavy atom. The van der Waals surface area contributed by atoms with Gasteiger partial charge in [0.25, 0.3) is 5.91 Å². The Hall–Kier alpha value is -2.99. The normalized spacial score (nSPS) is 10.4. The number of carbonyl (C=O) groups is 2. The first-order chi connectivity index (χ1) is 13.1. The van der Waals surface area contributed by atoms with Crippen molar-refractivity contribution in [1.29, 1.82) is 0 Å². The van der Waals surface area contributed by atoms with Gasteiger partial charge in [-0.05, 0) is 36.8 Å². The van der Waals surface area contributed by atoms with Gasteiger partial charge < -0.3 is 4.57 Å². The molecule has 2 aromatic carbocycles. The maximum atomic E-state index is 12.4. The van der Waals surface area contributed by atoms with Crippen LogP contribution in [0.3, 0.4) is 0 Å². The monoisotopic (exact) mass is 379 g/mol. The van der Waals surface area contributed by atoms with Crippen molar-refractivity contribution in [2.45, 2.75) is 12.7 Å². The maximum absolute atomic E-state index is 12.4. The van der Waals surface area contributed by atoms with Gasteiger partial charge in [-0.25, -0.2) is 0 Å². The number of hydrazine groups is 1. The van der Waals surface area contributed by atoms with Crippen molar-refractivity contribution in [2.75, 3.05) is 5.75 Å². The number of nitrogens with zero attached hydrogens (tertiary/aromatic N) is 1. The second-order valence-electron chi connectivity index (χ2n) is 6.09. The van der Waals surface area contributed by atoms with Crippen LogP contribution in [0.25, 0.3) is 5.69 Å². The van der Waals surface area contributed by atoms with Crippen LogP contribution in [0.4, 0.5) is 0 Å². The minimum absolute atomic E-state index is 0.237. The Morgan fingerprint density at radius 1 is 0.926 bits per heavy atom. The lowest BCUT2D eigenvalue weighted by Gasteiger charge is -2.11. The van der Waals surface area contributed by atoms with Gasteiger partial charge in [0.05, 0.1) is 17.0 Å². The summed E-state index contributed by atoms with van der Waals surface area (Å²) in [6.45, 7) is 2.04. The summed E-state index contributed by atoms with van der Waals surface area (Å²) < 4.78 is 1.86. The molecule has 0 aliphatic carbocycles. The van der Waals surface area contributed by atoms with Crippen molar-refractivity contribution >= 4 is 23.6 Å². The van der Waals surface area contributed by atoms with Gasteiger partial charge in [0.2, 0.25) is 5.91 Å². The first-order valence-electron chi connectivity index (χ1n) is 8.58. The highest BCUT2D eigenvalue weighted by atomic mass is 32.2. The number of rotatable bonds is 6. The summed E-state index contributed by atoms with van der Waals surface area (Å²) in [5.74, 6) is 0.431. The van der Waals surface area contributed by atoms with Crippen molar-refractivity contribution in [2.24, 2.45) is 0 Å². The van der Waals surface area contributed by atoms with Gasteiger partial charge in [-0.2, -0.15) is 0 Å². The van der Waals surface area contributed by atoms with Crippen molar-refractivity contribution in [3.63, 3.8) is 0 Å². The summed E-state index contributed by atoms with van der Waals surface area (Å²) in [5, 5.41) is 0. The van der Waals surface area contributed by atoms with Gasteiger partial charge in [0.1, 0.15) is 0 Å². The van der Waals surface area contributed by atoms with E-state index in [0.717, 1.165) is 11.4 Å². The number of aromatic nitrogens is 1. The maximum Gasteiger partial charge on any atom is 0.271 e. The summed E-state index contributed by atoms with van der Waals surface area (Å²) in [5.41, 5.74) is 8.59. The first kappa shape index (κ1) is 18.8. The summed E-state index contributed by atoms with van der Waals surface area (Å²) in [4.78, 5) is 24.4. The third-order valence-corrected chi connectivity index (χ3v) is 4.97. The third-order valence-electron chi connectivity index (χ3n) is 3.97. The smallest absolute Gasteiger partial charge is 0.271 e. The topological polar surface area (TPSA) is 63.1 Å². The van der Waals surface area contributed by atoms with Gasteiger partial charge in [-0.15, -0.1) is 11.8 Å². The van der Waals surface area contributed by atoms with Crippen LogP contribution in [0.2, 0.25) is 0 Å². The van der Waals surface area contributed by atoms with E-state index < -0.39 is 0 Å². The molecule has 138 valence electrons.